The highest BCUT2D eigenvalue weighted by Gasteiger charge is 2.41. The van der Waals surface area contributed by atoms with Crippen LogP contribution >= 0.6 is 0 Å². The van der Waals surface area contributed by atoms with E-state index in [1.807, 2.05) is 39.0 Å². The summed E-state index contributed by atoms with van der Waals surface area (Å²) in [4.78, 5) is 38.2. The number of nitrogens with one attached hydrogen (secondary N) is 1. The third-order valence-corrected chi connectivity index (χ3v) is 6.34. The fourth-order valence-corrected chi connectivity index (χ4v) is 4.82. The minimum absolute atomic E-state index is 0.0170. The first-order valence-electron chi connectivity index (χ1n) is 12.0. The standard InChI is InChI=1S/C29H31NO5/c1-17(2)16-34-29(33)26-18(3)30-24-14-22(20-8-6-5-7-9-20)15-25(32)28(24)27(26)21-10-12-23(13-11-21)35-19(4)31/h5-13,17,22,27,30H,14-16H2,1-4H3/t22-,27+/m0/s1. The van der Waals surface area contributed by atoms with Crippen molar-refractivity contribution in [1.82, 2.24) is 5.32 Å². The lowest BCUT2D eigenvalue weighted by Gasteiger charge is -2.36. The van der Waals surface area contributed by atoms with E-state index in [2.05, 4.69) is 17.4 Å². The van der Waals surface area contributed by atoms with Crippen molar-refractivity contribution in [2.24, 2.45) is 5.92 Å². The molecule has 0 saturated carbocycles. The summed E-state index contributed by atoms with van der Waals surface area (Å²) in [5, 5.41) is 3.37. The smallest absolute Gasteiger partial charge is 0.336 e. The molecule has 0 saturated heterocycles. The number of benzene rings is 2. The number of dihydropyridines is 1. The summed E-state index contributed by atoms with van der Waals surface area (Å²) in [5.41, 5.74) is 4.49. The first-order chi connectivity index (χ1) is 16.7. The van der Waals surface area contributed by atoms with Crippen molar-refractivity contribution in [1.29, 1.82) is 0 Å². The molecule has 6 heteroatoms. The Labute approximate surface area is 206 Å². The van der Waals surface area contributed by atoms with E-state index in [0.29, 0.717) is 42.0 Å². The molecule has 1 aliphatic heterocycles. The van der Waals surface area contributed by atoms with Gasteiger partial charge in [0.15, 0.2) is 5.78 Å². The lowest BCUT2D eigenvalue weighted by molar-refractivity contribution is -0.140. The molecule has 0 radical (unpaired) electrons. The molecule has 2 atom stereocenters. The highest BCUT2D eigenvalue weighted by atomic mass is 16.5. The van der Waals surface area contributed by atoms with Crippen molar-refractivity contribution >= 4 is 17.7 Å². The van der Waals surface area contributed by atoms with Crippen LogP contribution in [0.1, 0.15) is 63.5 Å². The monoisotopic (exact) mass is 473 g/mol. The van der Waals surface area contributed by atoms with E-state index in [9.17, 15) is 14.4 Å². The first-order valence-corrected chi connectivity index (χ1v) is 12.0. The molecule has 2 aromatic carbocycles. The van der Waals surface area contributed by atoms with Gasteiger partial charge in [-0.25, -0.2) is 4.79 Å². The van der Waals surface area contributed by atoms with Gasteiger partial charge in [0.25, 0.3) is 0 Å². The van der Waals surface area contributed by atoms with E-state index >= 15 is 0 Å². The Morgan fingerprint density at radius 3 is 2.31 bits per heavy atom. The fourth-order valence-electron chi connectivity index (χ4n) is 4.82. The summed E-state index contributed by atoms with van der Waals surface area (Å²) in [7, 11) is 0. The second kappa shape index (κ2) is 10.3. The highest BCUT2D eigenvalue weighted by molar-refractivity contribution is 6.04. The molecule has 182 valence electrons. The van der Waals surface area contributed by atoms with Crippen LogP contribution in [0.15, 0.2) is 77.1 Å². The zero-order valence-corrected chi connectivity index (χ0v) is 20.6. The molecule has 35 heavy (non-hydrogen) atoms. The van der Waals surface area contributed by atoms with E-state index in [4.69, 9.17) is 9.47 Å². The normalized spacial score (nSPS) is 19.9. The van der Waals surface area contributed by atoms with Crippen molar-refractivity contribution in [3.05, 3.63) is 88.3 Å². The second-order valence-electron chi connectivity index (χ2n) is 9.58. The predicted octanol–water partition coefficient (Wildman–Crippen LogP) is 5.17. The number of carbonyl (C=O) groups excluding carboxylic acids is 3. The Morgan fingerprint density at radius 1 is 1.00 bits per heavy atom. The maximum absolute atomic E-state index is 13.6. The average molecular weight is 474 g/mol. The van der Waals surface area contributed by atoms with Crippen LogP contribution in [-0.2, 0) is 19.1 Å². The molecule has 0 unspecified atom stereocenters. The van der Waals surface area contributed by atoms with Gasteiger partial charge in [-0.2, -0.15) is 0 Å². The zero-order chi connectivity index (χ0) is 25.1. The summed E-state index contributed by atoms with van der Waals surface area (Å²) in [5.74, 6) is -0.701. The zero-order valence-electron chi connectivity index (χ0n) is 20.6. The maximum Gasteiger partial charge on any atom is 0.336 e. The number of hydrogen-bond acceptors (Lipinski definition) is 6. The Morgan fingerprint density at radius 2 is 1.69 bits per heavy atom. The van der Waals surface area contributed by atoms with Crippen molar-refractivity contribution in [2.45, 2.75) is 52.4 Å². The largest absolute Gasteiger partial charge is 0.462 e. The molecule has 4 rings (SSSR count). The van der Waals surface area contributed by atoms with E-state index in [-0.39, 0.29) is 17.6 Å². The van der Waals surface area contributed by atoms with Crippen LogP contribution in [0.5, 0.6) is 5.75 Å². The Hall–Kier alpha value is -3.67. The molecular weight excluding hydrogens is 442 g/mol. The van der Waals surface area contributed by atoms with Crippen molar-refractivity contribution in [2.75, 3.05) is 6.61 Å². The number of carbonyl (C=O) groups is 3. The molecule has 2 aromatic rings. The van der Waals surface area contributed by atoms with Crippen LogP contribution in [0.4, 0.5) is 0 Å². The summed E-state index contributed by atoms with van der Waals surface area (Å²) in [6.45, 7) is 7.45. The number of ether oxygens (including phenoxy) is 2. The third-order valence-electron chi connectivity index (χ3n) is 6.34. The minimum Gasteiger partial charge on any atom is -0.462 e. The molecule has 1 heterocycles. The third kappa shape index (κ3) is 5.37. The van der Waals surface area contributed by atoms with Gasteiger partial charge in [0.2, 0.25) is 0 Å². The molecule has 0 fully saturated rings. The van der Waals surface area contributed by atoms with Crippen LogP contribution in [0.25, 0.3) is 0 Å². The predicted molar refractivity (Wildman–Crippen MR) is 133 cm³/mol. The fraction of sp³-hybridized carbons (Fsp3) is 0.345. The van der Waals surface area contributed by atoms with Crippen molar-refractivity contribution in [3.63, 3.8) is 0 Å². The molecular formula is C29H31NO5. The minimum atomic E-state index is -0.554. The summed E-state index contributed by atoms with van der Waals surface area (Å²) >= 11 is 0. The lowest BCUT2D eigenvalue weighted by atomic mass is 9.71. The molecule has 0 bridgehead atoms. The molecule has 1 aliphatic carbocycles. The number of ketones is 1. The van der Waals surface area contributed by atoms with Gasteiger partial charge < -0.3 is 14.8 Å². The Bertz CT molecular complexity index is 1190. The van der Waals surface area contributed by atoms with E-state index < -0.39 is 17.9 Å². The van der Waals surface area contributed by atoms with Gasteiger partial charge in [-0.1, -0.05) is 56.3 Å². The SMILES string of the molecule is CC(=O)Oc1ccc([C@@H]2C(C(=O)OCC(C)C)=C(C)NC3=C2C(=O)C[C@@H](c2ccccc2)C3)cc1. The first kappa shape index (κ1) is 24.5. The Kier molecular flexibility index (Phi) is 7.20. The number of esters is 2. The van der Waals surface area contributed by atoms with Crippen LogP contribution < -0.4 is 10.1 Å². The van der Waals surface area contributed by atoms with Crippen LogP contribution in [0, 0.1) is 5.92 Å². The lowest BCUT2D eigenvalue weighted by Crippen LogP contribution is -2.36. The molecule has 0 amide bonds. The summed E-state index contributed by atoms with van der Waals surface area (Å²) in [6, 6.07) is 17.0. The number of allylic oxidation sites excluding steroid dienone is 3. The van der Waals surface area contributed by atoms with E-state index in [1.165, 1.54) is 6.92 Å². The molecule has 0 spiro atoms. The number of Topliss-reactive ketones (excluding diaryl/α,β-unsaturated/α-hetero) is 1. The van der Waals surface area contributed by atoms with Gasteiger partial charge >= 0.3 is 11.9 Å². The van der Waals surface area contributed by atoms with Crippen LogP contribution in [0.2, 0.25) is 0 Å². The molecule has 6 nitrogen and oxygen atoms in total. The number of rotatable bonds is 6. The van der Waals surface area contributed by atoms with Gasteiger partial charge in [-0.15, -0.1) is 0 Å². The van der Waals surface area contributed by atoms with Gasteiger partial charge in [-0.05, 0) is 48.4 Å². The van der Waals surface area contributed by atoms with Gasteiger partial charge in [0, 0.05) is 36.2 Å². The highest BCUT2D eigenvalue weighted by Crippen LogP contribution is 2.45. The maximum atomic E-state index is 13.6. The number of hydrogen-bond donors (Lipinski definition) is 1. The molecule has 2 aliphatic rings. The quantitative estimate of drug-likeness (QED) is 0.460. The van der Waals surface area contributed by atoms with Gasteiger partial charge in [0.1, 0.15) is 5.75 Å². The van der Waals surface area contributed by atoms with E-state index in [1.54, 1.807) is 24.3 Å². The summed E-state index contributed by atoms with van der Waals surface area (Å²) < 4.78 is 10.8. The average Bonchev–Trinajstić information content (AvgIpc) is 2.82. The van der Waals surface area contributed by atoms with E-state index in [0.717, 1.165) is 16.8 Å². The van der Waals surface area contributed by atoms with Gasteiger partial charge in [-0.3, -0.25) is 9.59 Å². The van der Waals surface area contributed by atoms with Crippen molar-refractivity contribution in [3.8, 4) is 5.75 Å². The second-order valence-corrected chi connectivity index (χ2v) is 9.58. The molecule has 1 N–H and O–H groups in total. The van der Waals surface area contributed by atoms with Crippen LogP contribution in [-0.4, -0.2) is 24.3 Å². The molecule has 0 aromatic heterocycles. The van der Waals surface area contributed by atoms with Gasteiger partial charge in [0.05, 0.1) is 12.2 Å². The Balaban J connectivity index is 1.75. The van der Waals surface area contributed by atoms with Crippen molar-refractivity contribution < 1.29 is 23.9 Å². The topological polar surface area (TPSA) is 81.7 Å². The summed E-state index contributed by atoms with van der Waals surface area (Å²) in [6.07, 6.45) is 1.05. The van der Waals surface area contributed by atoms with Crippen LogP contribution in [0.3, 0.4) is 0 Å².